The van der Waals surface area contributed by atoms with Gasteiger partial charge in [0.05, 0.1) is 11.9 Å². The predicted molar refractivity (Wildman–Crippen MR) is 165 cm³/mol. The van der Waals surface area contributed by atoms with Gasteiger partial charge in [-0.1, -0.05) is 38.1 Å². The summed E-state index contributed by atoms with van der Waals surface area (Å²) in [6.07, 6.45) is 9.14. The first-order valence-corrected chi connectivity index (χ1v) is 15.3. The normalized spacial score (nSPS) is 18.4. The molecule has 0 N–H and O–H groups in total. The minimum atomic E-state index is -0.0813. The topological polar surface area (TPSA) is 64.5 Å². The van der Waals surface area contributed by atoms with Crippen LogP contribution in [0.3, 0.4) is 0 Å². The van der Waals surface area contributed by atoms with Crippen molar-refractivity contribution in [2.45, 2.75) is 57.7 Å². The number of aromatic nitrogens is 6. The van der Waals surface area contributed by atoms with Crippen molar-refractivity contribution in [3.63, 3.8) is 0 Å². The van der Waals surface area contributed by atoms with Crippen LogP contribution in [0.25, 0.3) is 55.7 Å². The summed E-state index contributed by atoms with van der Waals surface area (Å²) in [5, 5.41) is 7.50. The number of hydrogen-bond donors (Lipinski definition) is 0. The molecule has 0 bridgehead atoms. The summed E-state index contributed by atoms with van der Waals surface area (Å²) in [5.41, 5.74) is 10.4. The molecular weight excluding hydrogens is 532 g/mol. The van der Waals surface area contributed by atoms with Gasteiger partial charge >= 0.3 is 5.65 Å². The molecule has 0 radical (unpaired) electrons. The van der Waals surface area contributed by atoms with Gasteiger partial charge in [0.1, 0.15) is 29.1 Å². The number of benzene rings is 2. The smallest absolute Gasteiger partial charge is 0.349 e. The van der Waals surface area contributed by atoms with E-state index in [1.807, 2.05) is 24.5 Å². The molecule has 2 atom stereocenters. The van der Waals surface area contributed by atoms with E-state index in [1.165, 1.54) is 16.8 Å². The molecule has 43 heavy (non-hydrogen) atoms. The molecule has 2 aliphatic heterocycles. The Labute approximate surface area is 249 Å². The third-order valence-electron chi connectivity index (χ3n) is 10.1. The Hall–Kier alpha value is -4.91. The first kappa shape index (κ1) is 24.7. The predicted octanol–water partition coefficient (Wildman–Crippen LogP) is 7.01. The molecule has 2 aromatic carbocycles. The Morgan fingerprint density at radius 2 is 1.79 bits per heavy atom. The third-order valence-corrected chi connectivity index (χ3v) is 10.1. The first-order valence-electron chi connectivity index (χ1n) is 15.3. The van der Waals surface area contributed by atoms with E-state index in [4.69, 9.17) is 19.5 Å². The lowest BCUT2D eigenvalue weighted by Gasteiger charge is -2.31. The highest BCUT2D eigenvalue weighted by molar-refractivity contribution is 6.13. The molecular formula is C36H32N6O+2. The van der Waals surface area contributed by atoms with Crippen molar-refractivity contribution in [2.24, 2.45) is 0 Å². The zero-order chi connectivity index (χ0) is 28.9. The van der Waals surface area contributed by atoms with Crippen LogP contribution in [0.1, 0.15) is 56.5 Å². The zero-order valence-corrected chi connectivity index (χ0v) is 24.5. The molecule has 7 nitrogen and oxygen atoms in total. The Kier molecular flexibility index (Phi) is 5.05. The molecule has 7 aromatic rings. The molecule has 0 amide bonds. The van der Waals surface area contributed by atoms with Crippen LogP contribution in [-0.2, 0) is 5.54 Å². The highest BCUT2D eigenvalue weighted by Crippen LogP contribution is 2.50. The molecule has 0 saturated heterocycles. The molecule has 2 aliphatic rings. The number of hydrogen-bond acceptors (Lipinski definition) is 4. The fraction of sp³-hybridized carbons (Fsp3) is 0.250. The van der Waals surface area contributed by atoms with E-state index in [1.54, 1.807) is 0 Å². The number of rotatable bonds is 3. The highest BCUT2D eigenvalue weighted by atomic mass is 16.3. The minimum Gasteiger partial charge on any atom is -0.456 e. The first-order chi connectivity index (χ1) is 21.1. The SMILES string of the molecule is CCC1(CC)CC(C2c3ccc4oc5ccccc5c4c3-c3cnc4cccnc4[n+]32)n2nc(C)cc2-c2cccc[n+]21. The number of fused-ring (bicyclic) bond motifs is 12. The lowest BCUT2D eigenvalue weighted by Crippen LogP contribution is -2.57. The van der Waals surface area contributed by atoms with Gasteiger partial charge in [0.2, 0.25) is 5.69 Å². The molecule has 0 aliphatic carbocycles. The van der Waals surface area contributed by atoms with Crippen LogP contribution in [0.4, 0.5) is 0 Å². The van der Waals surface area contributed by atoms with E-state index in [9.17, 15) is 0 Å². The number of furan rings is 1. The molecule has 7 heteroatoms. The van der Waals surface area contributed by atoms with Crippen LogP contribution in [-0.4, -0.2) is 19.7 Å². The fourth-order valence-electron chi connectivity index (χ4n) is 8.05. The van der Waals surface area contributed by atoms with E-state index < -0.39 is 0 Å². The van der Waals surface area contributed by atoms with Gasteiger partial charge in [0.25, 0.3) is 0 Å². The minimum absolute atomic E-state index is 0.0247. The van der Waals surface area contributed by atoms with Crippen molar-refractivity contribution in [3.8, 4) is 22.6 Å². The van der Waals surface area contributed by atoms with E-state index in [2.05, 4.69) is 101 Å². The molecule has 0 fully saturated rings. The summed E-state index contributed by atoms with van der Waals surface area (Å²) in [4.78, 5) is 9.88. The standard InChI is InChI=1S/C36H32N6O/c1-4-36(5-2)20-28(42-27(19-22(3)39-42)26-13-8-9-18-40(26)36)34-24-15-16-31-33(23-11-6-7-14-30(23)43-31)32(24)29-21-38-25-12-10-17-37-35(25)41(29)34/h6-19,21,28,34H,4-5,20H2,1-3H3/q+2. The molecule has 7 heterocycles. The second kappa shape index (κ2) is 8.80. The van der Waals surface area contributed by atoms with Gasteiger partial charge < -0.3 is 4.42 Å². The molecule has 9 rings (SSSR count). The molecule has 0 spiro atoms. The Bertz CT molecular complexity index is 2240. The lowest BCUT2D eigenvalue weighted by molar-refractivity contribution is -0.759. The Morgan fingerprint density at radius 3 is 2.67 bits per heavy atom. The molecule has 5 aromatic heterocycles. The van der Waals surface area contributed by atoms with Gasteiger partial charge in [-0.3, -0.25) is 4.68 Å². The van der Waals surface area contributed by atoms with Crippen LogP contribution in [0.15, 0.2) is 95.8 Å². The summed E-state index contributed by atoms with van der Waals surface area (Å²) in [6.45, 7) is 6.76. The Morgan fingerprint density at radius 1 is 0.930 bits per heavy atom. The fourth-order valence-corrected chi connectivity index (χ4v) is 8.05. The molecule has 0 saturated carbocycles. The highest BCUT2D eigenvalue weighted by Gasteiger charge is 2.52. The van der Waals surface area contributed by atoms with Crippen LogP contribution < -0.4 is 9.13 Å². The number of para-hydroxylation sites is 1. The van der Waals surface area contributed by atoms with Crippen molar-refractivity contribution in [1.82, 2.24) is 19.7 Å². The van der Waals surface area contributed by atoms with Crippen LogP contribution >= 0.6 is 0 Å². The van der Waals surface area contributed by atoms with Gasteiger partial charge in [-0.05, 0) is 48.3 Å². The van der Waals surface area contributed by atoms with Crippen LogP contribution in [0.5, 0.6) is 0 Å². The summed E-state index contributed by atoms with van der Waals surface area (Å²) in [6, 6.07) is 25.6. The van der Waals surface area contributed by atoms with Crippen molar-refractivity contribution in [2.75, 3.05) is 0 Å². The lowest BCUT2D eigenvalue weighted by atomic mass is 9.81. The third kappa shape index (κ3) is 3.22. The van der Waals surface area contributed by atoms with Crippen LogP contribution in [0.2, 0.25) is 0 Å². The van der Waals surface area contributed by atoms with Gasteiger partial charge in [0, 0.05) is 53.3 Å². The summed E-state index contributed by atoms with van der Waals surface area (Å²) < 4.78 is 13.7. The summed E-state index contributed by atoms with van der Waals surface area (Å²) in [5.74, 6) is 0. The Balaban J connectivity index is 1.41. The van der Waals surface area contributed by atoms with Crippen molar-refractivity contribution < 1.29 is 13.6 Å². The maximum atomic E-state index is 6.38. The van der Waals surface area contributed by atoms with E-state index in [0.717, 1.165) is 69.4 Å². The number of pyridine rings is 2. The molecule has 2 unspecified atom stereocenters. The number of aryl methyl sites for hydroxylation is 1. The number of nitrogens with zero attached hydrogens (tertiary/aromatic N) is 6. The van der Waals surface area contributed by atoms with Gasteiger partial charge in [-0.2, -0.15) is 9.67 Å². The molecule has 210 valence electrons. The van der Waals surface area contributed by atoms with Gasteiger partial charge in [0.15, 0.2) is 29.0 Å². The van der Waals surface area contributed by atoms with Crippen LogP contribution in [0, 0.1) is 6.92 Å². The second-order valence-electron chi connectivity index (χ2n) is 12.1. The van der Waals surface area contributed by atoms with Crippen molar-refractivity contribution in [1.29, 1.82) is 0 Å². The average molecular weight is 565 g/mol. The summed E-state index contributed by atoms with van der Waals surface area (Å²) >= 11 is 0. The maximum Gasteiger partial charge on any atom is 0.349 e. The van der Waals surface area contributed by atoms with E-state index in [-0.39, 0.29) is 17.6 Å². The monoisotopic (exact) mass is 564 g/mol. The van der Waals surface area contributed by atoms with E-state index in [0.29, 0.717) is 0 Å². The van der Waals surface area contributed by atoms with Gasteiger partial charge in [-0.15, -0.1) is 0 Å². The maximum absolute atomic E-state index is 6.38. The van der Waals surface area contributed by atoms with Gasteiger partial charge in [-0.25, -0.2) is 9.55 Å². The average Bonchev–Trinajstić information content (AvgIpc) is 3.71. The zero-order valence-electron chi connectivity index (χ0n) is 24.5. The quantitative estimate of drug-likeness (QED) is 0.217. The second-order valence-corrected chi connectivity index (χ2v) is 12.1. The largest absolute Gasteiger partial charge is 0.456 e. The summed E-state index contributed by atoms with van der Waals surface area (Å²) in [7, 11) is 0. The van der Waals surface area contributed by atoms with E-state index >= 15 is 0 Å². The van der Waals surface area contributed by atoms with Crippen molar-refractivity contribution in [3.05, 3.63) is 103 Å². The van der Waals surface area contributed by atoms with Crippen molar-refractivity contribution >= 4 is 33.1 Å².